The van der Waals surface area contributed by atoms with Gasteiger partial charge in [-0.2, -0.15) is 15.2 Å². The molecule has 0 unspecified atom stereocenters. The third-order valence-electron chi connectivity index (χ3n) is 6.99. The molecule has 2 atom stereocenters. The van der Waals surface area contributed by atoms with Crippen LogP contribution in [0.1, 0.15) is 42.3 Å². The number of carbonyl (C=O) groups excluding carboxylic acids is 1. The average molecular weight is 601 g/mol. The summed E-state index contributed by atoms with van der Waals surface area (Å²) in [6.45, 7) is -0.0752. The lowest BCUT2D eigenvalue weighted by Crippen LogP contribution is -2.33. The molecule has 10 nitrogen and oxygen atoms in total. The molecular weight excluding hydrogens is 580 g/mol. The van der Waals surface area contributed by atoms with Gasteiger partial charge < -0.3 is 16.4 Å². The highest BCUT2D eigenvalue weighted by Crippen LogP contribution is 2.42. The molecule has 1 aliphatic heterocycles. The number of benzene rings is 2. The Morgan fingerprint density at radius 3 is 2.55 bits per heavy atom. The molecule has 216 valence electrons. The molecule has 0 amide bonds. The van der Waals surface area contributed by atoms with Crippen LogP contribution in [0.3, 0.4) is 0 Å². The van der Waals surface area contributed by atoms with Crippen molar-refractivity contribution in [3.8, 4) is 11.8 Å². The predicted octanol–water partition coefficient (Wildman–Crippen LogP) is 4.59. The minimum Gasteiger partial charge on any atom is -0.382 e. The highest BCUT2D eigenvalue weighted by atomic mass is 35.5. The Hall–Kier alpha value is -4.77. The molecule has 1 aliphatic rings. The summed E-state index contributed by atoms with van der Waals surface area (Å²) in [7, 11) is 0. The second-order valence-corrected chi connectivity index (χ2v) is 10.1. The molecule has 15 heteroatoms. The van der Waals surface area contributed by atoms with E-state index < -0.39 is 42.6 Å². The van der Waals surface area contributed by atoms with E-state index in [0.717, 1.165) is 10.6 Å². The van der Waals surface area contributed by atoms with E-state index in [9.17, 15) is 32.4 Å². The number of carbonyl (C=O) groups is 1. The SMILES string of the molecule is N#Cc1c(N)nc(N)nc1N1C[C@H](CC(=O)C(F)F)C[C@H]1c1nc2cccc(Cl)c2c(=O)n1-c1cccc(C(F)F)c1. The Labute approximate surface area is 240 Å². The number of Topliss-reactive ketones (excluding diaryl/α,β-unsaturated/α-hetero) is 1. The van der Waals surface area contributed by atoms with Crippen molar-refractivity contribution in [3.63, 3.8) is 0 Å². The highest BCUT2D eigenvalue weighted by Gasteiger charge is 2.40. The molecule has 0 bridgehead atoms. The van der Waals surface area contributed by atoms with E-state index in [0.29, 0.717) is 0 Å². The largest absolute Gasteiger partial charge is 0.382 e. The maximum atomic E-state index is 14.0. The van der Waals surface area contributed by atoms with Gasteiger partial charge in [-0.15, -0.1) is 0 Å². The number of ketones is 1. The number of aromatic nitrogens is 4. The van der Waals surface area contributed by atoms with Gasteiger partial charge in [0.05, 0.1) is 27.7 Å². The molecule has 0 spiro atoms. The Kier molecular flexibility index (Phi) is 7.70. The summed E-state index contributed by atoms with van der Waals surface area (Å²) >= 11 is 6.35. The first kappa shape index (κ1) is 28.7. The summed E-state index contributed by atoms with van der Waals surface area (Å²) in [5.74, 6) is -2.57. The van der Waals surface area contributed by atoms with Crippen LogP contribution in [0.15, 0.2) is 47.3 Å². The number of nitrogens with zero attached hydrogens (tertiary/aromatic N) is 6. The van der Waals surface area contributed by atoms with Gasteiger partial charge in [0.25, 0.3) is 18.4 Å². The monoisotopic (exact) mass is 600 g/mol. The fraction of sp³-hybridized carbons (Fsp3) is 0.259. The Morgan fingerprint density at radius 1 is 1.12 bits per heavy atom. The molecule has 0 saturated carbocycles. The molecule has 5 rings (SSSR count). The second-order valence-electron chi connectivity index (χ2n) is 9.66. The molecule has 1 saturated heterocycles. The van der Waals surface area contributed by atoms with Crippen molar-refractivity contribution in [2.45, 2.75) is 31.7 Å². The van der Waals surface area contributed by atoms with Gasteiger partial charge in [-0.1, -0.05) is 29.8 Å². The number of nitrogens with two attached hydrogens (primary N) is 2. The normalized spacial score (nSPS) is 16.9. The fourth-order valence-electron chi connectivity index (χ4n) is 5.20. The van der Waals surface area contributed by atoms with E-state index in [1.165, 1.54) is 35.2 Å². The summed E-state index contributed by atoms with van der Waals surface area (Å²) in [6.07, 6.45) is -6.57. The van der Waals surface area contributed by atoms with E-state index in [2.05, 4.69) is 15.0 Å². The van der Waals surface area contributed by atoms with Crippen molar-refractivity contribution >= 4 is 45.9 Å². The minimum absolute atomic E-state index is 0.000190. The van der Waals surface area contributed by atoms with E-state index in [-0.39, 0.29) is 69.1 Å². The Balaban J connectivity index is 1.79. The molecule has 4 N–H and O–H groups in total. The van der Waals surface area contributed by atoms with Gasteiger partial charge in [0.1, 0.15) is 23.3 Å². The van der Waals surface area contributed by atoms with Crippen LogP contribution in [0.25, 0.3) is 16.6 Å². The van der Waals surface area contributed by atoms with Gasteiger partial charge in [-0.05, 0) is 36.6 Å². The zero-order valence-electron chi connectivity index (χ0n) is 21.5. The van der Waals surface area contributed by atoms with E-state index >= 15 is 0 Å². The molecule has 1 fully saturated rings. The van der Waals surface area contributed by atoms with Gasteiger partial charge in [0.2, 0.25) is 5.95 Å². The summed E-state index contributed by atoms with van der Waals surface area (Å²) in [5.41, 5.74) is 10.8. The molecule has 4 aromatic rings. The zero-order chi connectivity index (χ0) is 30.3. The van der Waals surface area contributed by atoms with Crippen LogP contribution in [0.4, 0.5) is 35.1 Å². The van der Waals surface area contributed by atoms with E-state index in [1.807, 2.05) is 6.07 Å². The number of nitrogen functional groups attached to an aromatic ring is 2. The topological polar surface area (TPSA) is 157 Å². The van der Waals surface area contributed by atoms with E-state index in [1.54, 1.807) is 6.07 Å². The number of nitriles is 1. The fourth-order valence-corrected chi connectivity index (χ4v) is 5.45. The van der Waals surface area contributed by atoms with Gasteiger partial charge in [0.15, 0.2) is 11.6 Å². The Morgan fingerprint density at radius 2 is 1.86 bits per heavy atom. The quantitative estimate of drug-likeness (QED) is 0.289. The number of anilines is 3. The van der Waals surface area contributed by atoms with Crippen molar-refractivity contribution in [1.82, 2.24) is 19.5 Å². The molecule has 2 aromatic carbocycles. The maximum Gasteiger partial charge on any atom is 0.295 e. The molecular formula is C27H21ClF4N8O2. The number of fused-ring (bicyclic) bond motifs is 1. The van der Waals surface area contributed by atoms with Crippen LogP contribution in [0.5, 0.6) is 0 Å². The van der Waals surface area contributed by atoms with Gasteiger partial charge in [-0.25, -0.2) is 22.5 Å². The molecule has 42 heavy (non-hydrogen) atoms. The summed E-state index contributed by atoms with van der Waals surface area (Å²) in [4.78, 5) is 40.2. The Bertz CT molecular complexity index is 1810. The van der Waals surface area contributed by atoms with E-state index in [4.69, 9.17) is 23.1 Å². The first-order chi connectivity index (χ1) is 20.0. The summed E-state index contributed by atoms with van der Waals surface area (Å²) in [6, 6.07) is 10.6. The third kappa shape index (κ3) is 5.18. The molecule has 0 aliphatic carbocycles. The predicted molar refractivity (Wildman–Crippen MR) is 147 cm³/mol. The lowest BCUT2D eigenvalue weighted by atomic mass is 9.98. The zero-order valence-corrected chi connectivity index (χ0v) is 22.3. The maximum absolute atomic E-state index is 14.0. The van der Waals surface area contributed by atoms with Crippen LogP contribution >= 0.6 is 11.6 Å². The first-order valence-corrected chi connectivity index (χ1v) is 12.9. The number of rotatable bonds is 7. The highest BCUT2D eigenvalue weighted by molar-refractivity contribution is 6.35. The smallest absolute Gasteiger partial charge is 0.295 e. The summed E-state index contributed by atoms with van der Waals surface area (Å²) in [5, 5.41) is 9.93. The second kappa shape index (κ2) is 11.2. The summed E-state index contributed by atoms with van der Waals surface area (Å²) < 4.78 is 54.9. The van der Waals surface area contributed by atoms with Crippen LogP contribution in [0, 0.1) is 17.2 Å². The van der Waals surface area contributed by atoms with Crippen LogP contribution in [-0.2, 0) is 4.79 Å². The minimum atomic E-state index is -3.20. The lowest BCUT2D eigenvalue weighted by Gasteiger charge is -2.28. The third-order valence-corrected chi connectivity index (χ3v) is 7.31. The van der Waals surface area contributed by atoms with Gasteiger partial charge in [-0.3, -0.25) is 14.2 Å². The number of halogens is 5. The van der Waals surface area contributed by atoms with Crippen LogP contribution in [0.2, 0.25) is 5.02 Å². The number of hydrogen-bond donors (Lipinski definition) is 2. The van der Waals surface area contributed by atoms with Crippen LogP contribution in [-0.4, -0.2) is 38.3 Å². The first-order valence-electron chi connectivity index (χ1n) is 12.5. The number of hydrogen-bond acceptors (Lipinski definition) is 9. The average Bonchev–Trinajstić information content (AvgIpc) is 3.35. The van der Waals surface area contributed by atoms with Crippen LogP contribution < -0.4 is 21.9 Å². The van der Waals surface area contributed by atoms with Gasteiger partial charge in [0, 0.05) is 18.5 Å². The van der Waals surface area contributed by atoms with Crippen molar-refractivity contribution in [3.05, 3.63) is 74.8 Å². The van der Waals surface area contributed by atoms with Crippen molar-refractivity contribution < 1.29 is 22.4 Å². The standard InChI is InChI=1S/C27H21ClF4N8O2/c28-16-5-2-6-17-20(16)26(42)40(14-4-1-3-13(9-14)21(29)30)25(36-17)18-7-12(8-19(41)22(31)32)11-39(18)24-15(10-33)23(34)37-27(35)38-24/h1-6,9,12,18,21-22H,7-8,11H2,(H4,34,35,37,38)/t12-,18-/m0/s1. The van der Waals surface area contributed by atoms with Gasteiger partial charge >= 0.3 is 0 Å². The molecule has 3 heterocycles. The van der Waals surface area contributed by atoms with Crippen molar-refractivity contribution in [2.75, 3.05) is 22.9 Å². The molecule has 0 radical (unpaired) electrons. The van der Waals surface area contributed by atoms with Crippen molar-refractivity contribution in [1.29, 1.82) is 5.26 Å². The lowest BCUT2D eigenvalue weighted by molar-refractivity contribution is -0.130. The van der Waals surface area contributed by atoms with Crippen molar-refractivity contribution in [2.24, 2.45) is 5.92 Å². The number of alkyl halides is 4. The molecule has 2 aromatic heterocycles.